The Kier molecular flexibility index (Phi) is 5.07. The van der Waals surface area contributed by atoms with Crippen molar-refractivity contribution < 1.29 is 19.1 Å². The van der Waals surface area contributed by atoms with Crippen LogP contribution >= 0.6 is 0 Å². The highest BCUT2D eigenvalue weighted by Gasteiger charge is 2.29. The van der Waals surface area contributed by atoms with E-state index in [4.69, 9.17) is 4.74 Å². The molecule has 0 N–H and O–H groups in total. The van der Waals surface area contributed by atoms with Gasteiger partial charge in [0.15, 0.2) is 0 Å². The lowest BCUT2D eigenvalue weighted by molar-refractivity contribution is -0.150. The van der Waals surface area contributed by atoms with Crippen molar-refractivity contribution in [2.24, 2.45) is 0 Å². The maximum Gasteiger partial charge on any atom is 0.379 e. The summed E-state index contributed by atoms with van der Waals surface area (Å²) in [5.74, 6) is -1.42. The molecule has 2 rings (SSSR count). The number of aryl methyl sites for hydroxylation is 1. The molecule has 0 aliphatic carbocycles. The third-order valence-electron chi connectivity index (χ3n) is 3.32. The molecule has 20 heavy (non-hydrogen) atoms. The van der Waals surface area contributed by atoms with Gasteiger partial charge < -0.3 is 9.47 Å². The van der Waals surface area contributed by atoms with Gasteiger partial charge in [0.05, 0.1) is 19.8 Å². The predicted molar refractivity (Wildman–Crippen MR) is 74.2 cm³/mol. The van der Waals surface area contributed by atoms with E-state index >= 15 is 0 Å². The highest BCUT2D eigenvalue weighted by Crippen LogP contribution is 2.21. The number of ether oxygens (including phenoxy) is 2. The molecule has 1 atom stereocenters. The van der Waals surface area contributed by atoms with Crippen molar-refractivity contribution in [2.45, 2.75) is 25.4 Å². The zero-order valence-corrected chi connectivity index (χ0v) is 11.5. The Morgan fingerprint density at radius 2 is 2.05 bits per heavy atom. The van der Waals surface area contributed by atoms with Crippen LogP contribution in [0.25, 0.3) is 0 Å². The lowest BCUT2D eigenvalue weighted by Crippen LogP contribution is -2.30. The van der Waals surface area contributed by atoms with E-state index < -0.39 is 11.8 Å². The molecule has 0 aromatic heterocycles. The molecule has 4 nitrogen and oxygen atoms in total. The van der Waals surface area contributed by atoms with Gasteiger partial charge in [-0.15, -0.1) is 0 Å². The van der Waals surface area contributed by atoms with Crippen molar-refractivity contribution in [3.63, 3.8) is 0 Å². The summed E-state index contributed by atoms with van der Waals surface area (Å²) in [7, 11) is 1.21. The van der Waals surface area contributed by atoms with Gasteiger partial charge in [0.2, 0.25) is 0 Å². The molecule has 1 aliphatic rings. The van der Waals surface area contributed by atoms with E-state index in [1.54, 1.807) is 6.08 Å². The Hall–Kier alpha value is -1.94. The molecule has 0 bridgehead atoms. The summed E-state index contributed by atoms with van der Waals surface area (Å²) in [6, 6.07) is 10.00. The molecule has 0 amide bonds. The fourth-order valence-electron chi connectivity index (χ4n) is 2.28. The lowest BCUT2D eigenvalue weighted by atomic mass is 9.96. The first-order valence-electron chi connectivity index (χ1n) is 6.70. The van der Waals surface area contributed by atoms with Gasteiger partial charge in [-0.1, -0.05) is 36.4 Å². The van der Waals surface area contributed by atoms with Crippen LogP contribution in [0, 0.1) is 0 Å². The Morgan fingerprint density at radius 1 is 1.30 bits per heavy atom. The van der Waals surface area contributed by atoms with E-state index in [9.17, 15) is 9.59 Å². The standard InChI is InChI=1S/C16H18O4/c1-19-16(18)15(17)13-8-5-11-20-14(13)10-9-12-6-3-2-4-7-12/h2-4,6-8,14H,5,9-11H2,1H3. The molecule has 0 saturated heterocycles. The Balaban J connectivity index is 2.02. The van der Waals surface area contributed by atoms with Crippen LogP contribution in [0.15, 0.2) is 42.0 Å². The van der Waals surface area contributed by atoms with Crippen LogP contribution in [0.5, 0.6) is 0 Å². The monoisotopic (exact) mass is 274 g/mol. The first-order chi connectivity index (χ1) is 9.72. The number of hydrogen-bond acceptors (Lipinski definition) is 4. The predicted octanol–water partition coefficient (Wildman–Crippen LogP) is 2.08. The number of methoxy groups -OCH3 is 1. The van der Waals surface area contributed by atoms with Crippen LogP contribution in [-0.4, -0.2) is 31.6 Å². The summed E-state index contributed by atoms with van der Waals surface area (Å²) in [4.78, 5) is 23.3. The van der Waals surface area contributed by atoms with Crippen molar-refractivity contribution >= 4 is 11.8 Å². The van der Waals surface area contributed by atoms with E-state index in [1.807, 2.05) is 30.3 Å². The van der Waals surface area contributed by atoms with Gasteiger partial charge in [0.25, 0.3) is 5.78 Å². The number of benzene rings is 1. The molecule has 4 heteroatoms. The van der Waals surface area contributed by atoms with Crippen molar-refractivity contribution in [3.8, 4) is 0 Å². The van der Waals surface area contributed by atoms with Crippen molar-refractivity contribution in [3.05, 3.63) is 47.5 Å². The molecule has 0 fully saturated rings. The summed E-state index contributed by atoms with van der Waals surface area (Å²) in [6.07, 6.45) is 3.60. The van der Waals surface area contributed by atoms with Crippen LogP contribution in [0.4, 0.5) is 0 Å². The molecule has 0 saturated carbocycles. The van der Waals surface area contributed by atoms with Crippen molar-refractivity contribution in [2.75, 3.05) is 13.7 Å². The van der Waals surface area contributed by atoms with Crippen molar-refractivity contribution in [1.82, 2.24) is 0 Å². The van der Waals surface area contributed by atoms with Gasteiger partial charge in [0.1, 0.15) is 0 Å². The maximum atomic E-state index is 11.9. The molecular weight excluding hydrogens is 256 g/mol. The minimum atomic E-state index is -0.827. The number of Topliss-reactive ketones (excluding diaryl/α,β-unsaturated/α-hetero) is 1. The third-order valence-corrected chi connectivity index (χ3v) is 3.32. The normalized spacial score (nSPS) is 18.2. The molecule has 0 spiro atoms. The first-order valence-corrected chi connectivity index (χ1v) is 6.70. The van der Waals surface area contributed by atoms with Gasteiger partial charge in [-0.25, -0.2) is 4.79 Å². The Labute approximate surface area is 118 Å². The van der Waals surface area contributed by atoms with Gasteiger partial charge in [-0.05, 0) is 24.8 Å². The lowest BCUT2D eigenvalue weighted by Gasteiger charge is -2.23. The number of esters is 1. The van der Waals surface area contributed by atoms with Gasteiger partial charge in [0, 0.05) is 5.57 Å². The maximum absolute atomic E-state index is 11.9. The van der Waals surface area contributed by atoms with Crippen LogP contribution < -0.4 is 0 Å². The van der Waals surface area contributed by atoms with E-state index in [0.717, 1.165) is 6.42 Å². The molecular formula is C16H18O4. The van der Waals surface area contributed by atoms with Gasteiger partial charge in [-0.2, -0.15) is 0 Å². The molecule has 1 unspecified atom stereocenters. The van der Waals surface area contributed by atoms with E-state index in [2.05, 4.69) is 4.74 Å². The summed E-state index contributed by atoms with van der Waals surface area (Å²) in [6.45, 7) is 0.581. The number of carbonyl (C=O) groups is 2. The second-order valence-electron chi connectivity index (χ2n) is 4.65. The van der Waals surface area contributed by atoms with Gasteiger partial charge in [-0.3, -0.25) is 4.79 Å². The molecule has 0 radical (unpaired) electrons. The van der Waals surface area contributed by atoms with Crippen LogP contribution in [-0.2, 0) is 25.5 Å². The van der Waals surface area contributed by atoms with Gasteiger partial charge >= 0.3 is 5.97 Å². The fourth-order valence-corrected chi connectivity index (χ4v) is 2.28. The SMILES string of the molecule is COC(=O)C(=O)C1=CCCOC1CCc1ccccc1. The molecule has 1 aliphatic heterocycles. The third kappa shape index (κ3) is 3.54. The van der Waals surface area contributed by atoms with E-state index in [1.165, 1.54) is 12.7 Å². The second-order valence-corrected chi connectivity index (χ2v) is 4.65. The van der Waals surface area contributed by atoms with Crippen molar-refractivity contribution in [1.29, 1.82) is 0 Å². The smallest absolute Gasteiger partial charge is 0.379 e. The summed E-state index contributed by atoms with van der Waals surface area (Å²) >= 11 is 0. The Morgan fingerprint density at radius 3 is 2.75 bits per heavy atom. The molecule has 1 aromatic rings. The second kappa shape index (κ2) is 7.01. The number of ketones is 1. The number of hydrogen-bond donors (Lipinski definition) is 0. The topological polar surface area (TPSA) is 52.6 Å². The minimum absolute atomic E-state index is 0.324. The fraction of sp³-hybridized carbons (Fsp3) is 0.375. The highest BCUT2D eigenvalue weighted by molar-refractivity contribution is 6.40. The highest BCUT2D eigenvalue weighted by atomic mass is 16.5. The van der Waals surface area contributed by atoms with E-state index in [-0.39, 0.29) is 6.10 Å². The average molecular weight is 274 g/mol. The minimum Gasteiger partial charge on any atom is -0.463 e. The first kappa shape index (κ1) is 14.5. The van der Waals surface area contributed by atoms with Crippen LogP contribution in [0.3, 0.4) is 0 Å². The Bertz CT molecular complexity index is 504. The largest absolute Gasteiger partial charge is 0.463 e. The zero-order chi connectivity index (χ0) is 14.4. The average Bonchev–Trinajstić information content (AvgIpc) is 2.52. The zero-order valence-electron chi connectivity index (χ0n) is 11.5. The summed E-state index contributed by atoms with van der Waals surface area (Å²) in [5.41, 5.74) is 1.62. The molecule has 1 heterocycles. The van der Waals surface area contributed by atoms with Crippen LogP contribution in [0.1, 0.15) is 18.4 Å². The number of rotatable bonds is 5. The molecule has 106 valence electrons. The molecule has 1 aromatic carbocycles. The van der Waals surface area contributed by atoms with E-state index in [0.29, 0.717) is 25.0 Å². The van der Waals surface area contributed by atoms with Crippen LogP contribution in [0.2, 0.25) is 0 Å². The number of carbonyl (C=O) groups excluding carboxylic acids is 2. The quantitative estimate of drug-likeness (QED) is 0.609. The summed E-state index contributed by atoms with van der Waals surface area (Å²) in [5, 5.41) is 0. The summed E-state index contributed by atoms with van der Waals surface area (Å²) < 4.78 is 10.1.